The van der Waals surface area contributed by atoms with Gasteiger partial charge in [0.2, 0.25) is 0 Å². The fourth-order valence-electron chi connectivity index (χ4n) is 6.15. The van der Waals surface area contributed by atoms with Gasteiger partial charge >= 0.3 is 0 Å². The number of aliphatic hydroxyl groups excluding tert-OH is 1. The molecule has 0 aromatic rings. The monoisotopic (exact) mass is 266 g/mol. The quantitative estimate of drug-likeness (QED) is 0.819. The van der Waals surface area contributed by atoms with Gasteiger partial charge in [-0.1, -0.05) is 20.3 Å². The molecule has 0 amide bonds. The lowest BCUT2D eigenvalue weighted by Crippen LogP contribution is -2.63. The number of aliphatic hydroxyl groups is 2. The molecule has 0 aliphatic heterocycles. The van der Waals surface area contributed by atoms with Crippen LogP contribution in [0, 0.1) is 28.6 Å². The predicted octanol–water partition coefficient (Wildman–Crippen LogP) is 3.36. The van der Waals surface area contributed by atoms with E-state index < -0.39 is 5.60 Å². The molecule has 2 nitrogen and oxygen atoms in total. The molecule has 4 atom stereocenters. The van der Waals surface area contributed by atoms with Crippen LogP contribution >= 0.6 is 0 Å². The second-order valence-corrected chi connectivity index (χ2v) is 8.36. The fourth-order valence-corrected chi connectivity index (χ4v) is 6.15. The van der Waals surface area contributed by atoms with Gasteiger partial charge in [-0.25, -0.2) is 0 Å². The van der Waals surface area contributed by atoms with Gasteiger partial charge in [-0.2, -0.15) is 0 Å². The predicted molar refractivity (Wildman–Crippen MR) is 76.7 cm³/mol. The lowest BCUT2D eigenvalue weighted by molar-refractivity contribution is -0.222. The Hall–Kier alpha value is -0.0800. The lowest BCUT2D eigenvalue weighted by Gasteiger charge is -2.66. The zero-order valence-electron chi connectivity index (χ0n) is 12.8. The minimum Gasteiger partial charge on any atom is -0.396 e. The first-order chi connectivity index (χ1) is 8.86. The van der Waals surface area contributed by atoms with E-state index in [2.05, 4.69) is 20.8 Å². The highest BCUT2D eigenvalue weighted by atomic mass is 16.3. The molecule has 4 rings (SSSR count). The topological polar surface area (TPSA) is 40.5 Å². The Balaban J connectivity index is 1.96. The van der Waals surface area contributed by atoms with Gasteiger partial charge in [-0.3, -0.25) is 0 Å². The van der Waals surface area contributed by atoms with Crippen LogP contribution in [0.5, 0.6) is 0 Å². The van der Waals surface area contributed by atoms with Gasteiger partial charge in [0.1, 0.15) is 0 Å². The van der Waals surface area contributed by atoms with Crippen molar-refractivity contribution in [3.05, 3.63) is 0 Å². The third kappa shape index (κ3) is 1.82. The summed E-state index contributed by atoms with van der Waals surface area (Å²) in [5, 5.41) is 21.2. The molecule has 2 N–H and O–H groups in total. The Labute approximate surface area is 117 Å². The van der Waals surface area contributed by atoms with E-state index in [1.54, 1.807) is 0 Å². The standard InChI is InChI=1S/C17H30O2/c1-4-12(2)15(3,19)17-8-13-5-14(9-17)7-16(6-13,10-17)11-18/h12-14,18-19H,4-11H2,1-3H3. The Bertz CT molecular complexity index is 346. The van der Waals surface area contributed by atoms with Crippen molar-refractivity contribution in [2.24, 2.45) is 28.6 Å². The van der Waals surface area contributed by atoms with Gasteiger partial charge in [-0.05, 0) is 68.6 Å². The summed E-state index contributed by atoms with van der Waals surface area (Å²) in [6.45, 7) is 6.80. The maximum atomic E-state index is 11.3. The van der Waals surface area contributed by atoms with E-state index in [-0.39, 0.29) is 10.8 Å². The first kappa shape index (κ1) is 13.9. The lowest BCUT2D eigenvalue weighted by atomic mass is 9.40. The smallest absolute Gasteiger partial charge is 0.0701 e. The highest BCUT2D eigenvalue weighted by molar-refractivity contribution is 5.13. The number of hydrogen-bond donors (Lipinski definition) is 2. The summed E-state index contributed by atoms with van der Waals surface area (Å²) in [7, 11) is 0. The molecule has 2 heteroatoms. The zero-order chi connectivity index (χ0) is 13.9. The van der Waals surface area contributed by atoms with Crippen molar-refractivity contribution in [1.29, 1.82) is 0 Å². The second-order valence-electron chi connectivity index (χ2n) is 8.36. The minimum absolute atomic E-state index is 0.0786. The molecule has 4 saturated carbocycles. The van der Waals surface area contributed by atoms with E-state index in [1.807, 2.05) is 0 Å². The van der Waals surface area contributed by atoms with Crippen LogP contribution in [-0.4, -0.2) is 22.4 Å². The molecule has 4 aliphatic rings. The van der Waals surface area contributed by atoms with Crippen molar-refractivity contribution in [1.82, 2.24) is 0 Å². The van der Waals surface area contributed by atoms with Crippen molar-refractivity contribution in [3.8, 4) is 0 Å². The van der Waals surface area contributed by atoms with Crippen LogP contribution in [0.15, 0.2) is 0 Å². The molecule has 4 bridgehead atoms. The molecule has 4 unspecified atom stereocenters. The molecule has 4 aliphatic carbocycles. The van der Waals surface area contributed by atoms with Gasteiger partial charge in [0.05, 0.1) is 5.60 Å². The summed E-state index contributed by atoms with van der Waals surface area (Å²) in [6, 6.07) is 0. The summed E-state index contributed by atoms with van der Waals surface area (Å²) >= 11 is 0. The third-order valence-electron chi connectivity index (χ3n) is 7.16. The van der Waals surface area contributed by atoms with Crippen LogP contribution in [0.3, 0.4) is 0 Å². The molecule has 0 saturated heterocycles. The molecule has 0 spiro atoms. The van der Waals surface area contributed by atoms with E-state index in [0.29, 0.717) is 12.5 Å². The third-order valence-corrected chi connectivity index (χ3v) is 7.16. The van der Waals surface area contributed by atoms with Crippen molar-refractivity contribution < 1.29 is 10.2 Å². The molecule has 19 heavy (non-hydrogen) atoms. The summed E-state index contributed by atoms with van der Waals surface area (Å²) in [6.07, 6.45) is 8.25. The summed E-state index contributed by atoms with van der Waals surface area (Å²) < 4.78 is 0. The highest BCUT2D eigenvalue weighted by Crippen LogP contribution is 2.68. The SMILES string of the molecule is CCC(C)C(C)(O)C12CC3CC(CC(CO)(C3)C1)C2. The first-order valence-corrected chi connectivity index (χ1v) is 8.20. The van der Waals surface area contributed by atoms with Gasteiger partial charge in [0, 0.05) is 12.0 Å². The fraction of sp³-hybridized carbons (Fsp3) is 1.00. The summed E-state index contributed by atoms with van der Waals surface area (Å²) in [4.78, 5) is 0. The molecule has 110 valence electrons. The molecular weight excluding hydrogens is 236 g/mol. The van der Waals surface area contributed by atoms with Crippen molar-refractivity contribution in [2.75, 3.05) is 6.61 Å². The zero-order valence-corrected chi connectivity index (χ0v) is 12.8. The van der Waals surface area contributed by atoms with Gasteiger partial charge < -0.3 is 10.2 Å². The maximum Gasteiger partial charge on any atom is 0.0701 e. The molecule has 4 fully saturated rings. The Morgan fingerprint density at radius 1 is 1.21 bits per heavy atom. The number of rotatable bonds is 4. The Morgan fingerprint density at radius 2 is 1.79 bits per heavy atom. The molecular formula is C17H30O2. The molecule has 0 aromatic carbocycles. The van der Waals surface area contributed by atoms with Crippen molar-refractivity contribution >= 4 is 0 Å². The maximum absolute atomic E-state index is 11.3. The average molecular weight is 266 g/mol. The van der Waals surface area contributed by atoms with Crippen LogP contribution in [0.25, 0.3) is 0 Å². The Morgan fingerprint density at radius 3 is 2.26 bits per heavy atom. The van der Waals surface area contributed by atoms with Gasteiger partial charge in [0.25, 0.3) is 0 Å². The van der Waals surface area contributed by atoms with E-state index in [0.717, 1.165) is 24.7 Å². The van der Waals surface area contributed by atoms with E-state index >= 15 is 0 Å². The van der Waals surface area contributed by atoms with Gasteiger partial charge in [-0.15, -0.1) is 0 Å². The van der Waals surface area contributed by atoms with Crippen LogP contribution in [0.4, 0.5) is 0 Å². The summed E-state index contributed by atoms with van der Waals surface area (Å²) in [5.41, 5.74) is -0.350. The largest absolute Gasteiger partial charge is 0.396 e. The average Bonchev–Trinajstić information content (AvgIpc) is 2.36. The van der Waals surface area contributed by atoms with Crippen LogP contribution in [-0.2, 0) is 0 Å². The number of hydrogen-bond acceptors (Lipinski definition) is 2. The second kappa shape index (κ2) is 4.21. The van der Waals surface area contributed by atoms with Crippen LogP contribution in [0.1, 0.15) is 65.7 Å². The molecule has 0 radical (unpaired) electrons. The van der Waals surface area contributed by atoms with E-state index in [1.165, 1.54) is 32.1 Å². The van der Waals surface area contributed by atoms with Crippen LogP contribution < -0.4 is 0 Å². The normalized spacial score (nSPS) is 49.1. The van der Waals surface area contributed by atoms with E-state index in [4.69, 9.17) is 0 Å². The molecule has 0 aromatic heterocycles. The van der Waals surface area contributed by atoms with Gasteiger partial charge in [0.15, 0.2) is 0 Å². The first-order valence-electron chi connectivity index (χ1n) is 8.20. The summed E-state index contributed by atoms with van der Waals surface area (Å²) in [5.74, 6) is 1.85. The Kier molecular flexibility index (Phi) is 3.07. The van der Waals surface area contributed by atoms with E-state index in [9.17, 15) is 10.2 Å². The minimum atomic E-state index is -0.570. The van der Waals surface area contributed by atoms with Crippen molar-refractivity contribution in [2.45, 2.75) is 71.3 Å². The molecule has 0 heterocycles. The van der Waals surface area contributed by atoms with Crippen LogP contribution in [0.2, 0.25) is 0 Å². The highest BCUT2D eigenvalue weighted by Gasteiger charge is 2.63. The van der Waals surface area contributed by atoms with Crippen molar-refractivity contribution in [3.63, 3.8) is 0 Å².